The Kier molecular flexibility index (Phi) is 3.63. The molecule has 3 heteroatoms. The Hall–Kier alpha value is -0.310. The lowest BCUT2D eigenvalue weighted by Gasteiger charge is -1.91. The van der Waals surface area contributed by atoms with E-state index in [4.69, 9.17) is 0 Å². The third-order valence-electron chi connectivity index (χ3n) is 1.65. The van der Waals surface area contributed by atoms with E-state index in [1.807, 2.05) is 0 Å². The fraction of sp³-hybridized carbons (Fsp3) is 0.625. The summed E-state index contributed by atoms with van der Waals surface area (Å²) in [5, 5.41) is 0. The molecular formula is C8H14BrN2+. The van der Waals surface area contributed by atoms with Gasteiger partial charge in [-0.2, -0.15) is 0 Å². The van der Waals surface area contributed by atoms with Crippen molar-refractivity contribution in [2.45, 2.75) is 31.8 Å². The minimum atomic E-state index is 0.881. The van der Waals surface area contributed by atoms with Gasteiger partial charge in [0.25, 0.3) is 0 Å². The number of imidazole rings is 1. The number of rotatable bonds is 4. The molecule has 0 radical (unpaired) electrons. The molecule has 1 aromatic heterocycles. The summed E-state index contributed by atoms with van der Waals surface area (Å²) in [5.74, 6) is 0. The lowest BCUT2D eigenvalue weighted by molar-refractivity contribution is -0.696. The lowest BCUT2D eigenvalue weighted by atomic mass is 10.3. The number of nitrogens with zero attached hydrogens (tertiary/aromatic N) is 2. The molecule has 0 N–H and O–H groups in total. The van der Waals surface area contributed by atoms with Gasteiger partial charge in [-0.25, -0.2) is 9.13 Å². The highest BCUT2D eigenvalue weighted by molar-refractivity contribution is 9.08. The van der Waals surface area contributed by atoms with Gasteiger partial charge in [0.1, 0.15) is 17.8 Å². The minimum absolute atomic E-state index is 0.881. The molecule has 0 spiro atoms. The van der Waals surface area contributed by atoms with Gasteiger partial charge >= 0.3 is 0 Å². The maximum atomic E-state index is 3.39. The van der Waals surface area contributed by atoms with Crippen molar-refractivity contribution in [2.75, 3.05) is 0 Å². The molecular weight excluding hydrogens is 204 g/mol. The summed E-state index contributed by atoms with van der Waals surface area (Å²) in [5.41, 5.74) is 0.881. The van der Waals surface area contributed by atoms with Crippen molar-refractivity contribution in [3.63, 3.8) is 0 Å². The molecule has 0 fully saturated rings. The molecule has 11 heavy (non-hydrogen) atoms. The second kappa shape index (κ2) is 4.54. The van der Waals surface area contributed by atoms with Crippen LogP contribution in [0.1, 0.15) is 19.8 Å². The van der Waals surface area contributed by atoms with Crippen molar-refractivity contribution < 1.29 is 4.57 Å². The molecule has 1 aromatic rings. The van der Waals surface area contributed by atoms with Crippen LogP contribution in [-0.4, -0.2) is 4.57 Å². The largest absolute Gasteiger partial charge is 0.244 e. The molecule has 0 amide bonds. The SMILES string of the molecule is CCCC[n+]1ccn(CBr)c1. The average Bonchev–Trinajstić information content (AvgIpc) is 2.48. The summed E-state index contributed by atoms with van der Waals surface area (Å²) >= 11 is 3.39. The Morgan fingerprint density at radius 2 is 2.36 bits per heavy atom. The molecule has 1 heterocycles. The smallest absolute Gasteiger partial charge is 0.237 e. The zero-order valence-corrected chi connectivity index (χ0v) is 8.42. The van der Waals surface area contributed by atoms with E-state index in [1.165, 1.54) is 12.8 Å². The van der Waals surface area contributed by atoms with E-state index in [0.29, 0.717) is 0 Å². The van der Waals surface area contributed by atoms with Gasteiger partial charge in [-0.1, -0.05) is 13.3 Å². The van der Waals surface area contributed by atoms with Crippen molar-refractivity contribution in [2.24, 2.45) is 0 Å². The van der Waals surface area contributed by atoms with Crippen molar-refractivity contribution in [3.05, 3.63) is 18.7 Å². The first-order chi connectivity index (χ1) is 5.36. The predicted molar refractivity (Wildman–Crippen MR) is 48.5 cm³/mol. The van der Waals surface area contributed by atoms with E-state index in [2.05, 4.69) is 50.7 Å². The highest BCUT2D eigenvalue weighted by atomic mass is 79.9. The number of halogens is 1. The maximum absolute atomic E-state index is 3.39. The van der Waals surface area contributed by atoms with Gasteiger partial charge in [0, 0.05) is 0 Å². The van der Waals surface area contributed by atoms with Crippen LogP contribution in [0.15, 0.2) is 18.7 Å². The van der Waals surface area contributed by atoms with Gasteiger partial charge in [-0.15, -0.1) is 0 Å². The Morgan fingerprint density at radius 1 is 1.55 bits per heavy atom. The van der Waals surface area contributed by atoms with E-state index >= 15 is 0 Å². The Bertz CT molecular complexity index is 208. The van der Waals surface area contributed by atoms with Gasteiger partial charge in [0.05, 0.1) is 6.54 Å². The van der Waals surface area contributed by atoms with Crippen LogP contribution >= 0.6 is 15.9 Å². The number of aromatic nitrogens is 2. The minimum Gasteiger partial charge on any atom is -0.237 e. The van der Waals surface area contributed by atoms with Gasteiger partial charge in [0.2, 0.25) is 6.33 Å². The summed E-state index contributed by atoms with van der Waals surface area (Å²) < 4.78 is 4.32. The van der Waals surface area contributed by atoms with Crippen molar-refractivity contribution in [1.29, 1.82) is 0 Å². The molecule has 62 valence electrons. The van der Waals surface area contributed by atoms with Crippen LogP contribution in [0.5, 0.6) is 0 Å². The van der Waals surface area contributed by atoms with E-state index in [0.717, 1.165) is 12.0 Å². The number of unbranched alkanes of at least 4 members (excludes halogenated alkanes) is 1. The summed E-state index contributed by atoms with van der Waals surface area (Å²) in [6.07, 6.45) is 8.81. The summed E-state index contributed by atoms with van der Waals surface area (Å²) in [7, 11) is 0. The summed E-state index contributed by atoms with van der Waals surface area (Å²) in [4.78, 5) is 0. The zero-order valence-electron chi connectivity index (χ0n) is 6.83. The highest BCUT2D eigenvalue weighted by Gasteiger charge is 1.99. The topological polar surface area (TPSA) is 8.81 Å². The van der Waals surface area contributed by atoms with Crippen LogP contribution in [0.25, 0.3) is 0 Å². The first kappa shape index (κ1) is 8.78. The van der Waals surface area contributed by atoms with Gasteiger partial charge in [0.15, 0.2) is 0 Å². The highest BCUT2D eigenvalue weighted by Crippen LogP contribution is 1.91. The lowest BCUT2D eigenvalue weighted by Crippen LogP contribution is -2.30. The van der Waals surface area contributed by atoms with E-state index < -0.39 is 0 Å². The van der Waals surface area contributed by atoms with Crippen LogP contribution in [0.3, 0.4) is 0 Å². The van der Waals surface area contributed by atoms with Crippen LogP contribution in [0.2, 0.25) is 0 Å². The second-order valence-electron chi connectivity index (χ2n) is 2.64. The first-order valence-corrected chi connectivity index (χ1v) is 5.09. The molecule has 0 saturated carbocycles. The fourth-order valence-electron chi connectivity index (χ4n) is 0.982. The second-order valence-corrected chi connectivity index (χ2v) is 3.14. The van der Waals surface area contributed by atoms with E-state index in [9.17, 15) is 0 Å². The predicted octanol–water partition coefficient (Wildman–Crippen LogP) is 1.93. The van der Waals surface area contributed by atoms with E-state index in [-0.39, 0.29) is 0 Å². The first-order valence-electron chi connectivity index (χ1n) is 3.97. The van der Waals surface area contributed by atoms with E-state index in [1.54, 1.807) is 0 Å². The molecule has 2 nitrogen and oxygen atoms in total. The Morgan fingerprint density at radius 3 is 2.91 bits per heavy atom. The molecule has 0 saturated heterocycles. The molecule has 0 bridgehead atoms. The van der Waals surface area contributed by atoms with Crippen molar-refractivity contribution in [1.82, 2.24) is 4.57 Å². The fourth-order valence-corrected chi connectivity index (χ4v) is 1.28. The van der Waals surface area contributed by atoms with Crippen LogP contribution in [-0.2, 0) is 12.0 Å². The summed E-state index contributed by atoms with van der Waals surface area (Å²) in [6.45, 7) is 3.35. The van der Waals surface area contributed by atoms with Crippen LogP contribution in [0.4, 0.5) is 0 Å². The molecule has 0 aliphatic rings. The number of alkyl halides is 1. The zero-order chi connectivity index (χ0) is 8.10. The Labute approximate surface area is 76.0 Å². The average molecular weight is 218 g/mol. The van der Waals surface area contributed by atoms with Crippen LogP contribution < -0.4 is 4.57 Å². The monoisotopic (exact) mass is 217 g/mol. The molecule has 0 atom stereocenters. The third-order valence-corrected chi connectivity index (χ3v) is 2.23. The number of hydrogen-bond donors (Lipinski definition) is 0. The molecule has 0 aromatic carbocycles. The molecule has 0 aliphatic heterocycles. The Balaban J connectivity index is 2.44. The standard InChI is InChI=1S/C8H14BrN2/c1-2-3-4-10-5-6-11(7-9)8-10/h5-6,8H,2-4,7H2,1H3/q+1. The summed E-state index contributed by atoms with van der Waals surface area (Å²) in [6, 6.07) is 0. The van der Waals surface area contributed by atoms with Crippen molar-refractivity contribution >= 4 is 15.9 Å². The number of hydrogen-bond acceptors (Lipinski definition) is 0. The van der Waals surface area contributed by atoms with Gasteiger partial charge in [-0.3, -0.25) is 0 Å². The maximum Gasteiger partial charge on any atom is 0.244 e. The van der Waals surface area contributed by atoms with Crippen molar-refractivity contribution in [3.8, 4) is 0 Å². The van der Waals surface area contributed by atoms with Crippen LogP contribution in [0, 0.1) is 0 Å². The third kappa shape index (κ3) is 2.66. The molecule has 0 aliphatic carbocycles. The van der Waals surface area contributed by atoms with Gasteiger partial charge in [-0.05, 0) is 22.4 Å². The normalized spacial score (nSPS) is 10.4. The molecule has 0 unspecified atom stereocenters. The quantitative estimate of drug-likeness (QED) is 0.539. The number of aryl methyl sites for hydroxylation is 1. The molecule has 1 rings (SSSR count). The van der Waals surface area contributed by atoms with Gasteiger partial charge < -0.3 is 0 Å².